The summed E-state index contributed by atoms with van der Waals surface area (Å²) >= 11 is 1.55. The van der Waals surface area contributed by atoms with Gasteiger partial charge in [0.1, 0.15) is 0 Å². The Bertz CT molecular complexity index is 465. The summed E-state index contributed by atoms with van der Waals surface area (Å²) < 4.78 is 23.1. The third kappa shape index (κ3) is 2.61. The van der Waals surface area contributed by atoms with Crippen molar-refractivity contribution in [1.82, 2.24) is 4.98 Å². The zero-order valence-corrected chi connectivity index (χ0v) is 10.9. The lowest BCUT2D eigenvalue weighted by Gasteiger charge is -2.19. The first-order valence-electron chi connectivity index (χ1n) is 5.39. The lowest BCUT2D eigenvalue weighted by Crippen LogP contribution is -2.23. The molecule has 0 aliphatic carbocycles. The second-order valence-corrected chi connectivity index (χ2v) is 7.67. The maximum atomic E-state index is 11.5. The van der Waals surface area contributed by atoms with E-state index in [9.17, 15) is 8.42 Å². The van der Waals surface area contributed by atoms with Crippen LogP contribution in [0.3, 0.4) is 0 Å². The minimum atomic E-state index is -2.86. The summed E-state index contributed by atoms with van der Waals surface area (Å²) in [5.41, 5.74) is 5.76. The first-order chi connectivity index (χ1) is 7.48. The van der Waals surface area contributed by atoms with Gasteiger partial charge in [-0.25, -0.2) is 13.4 Å². The van der Waals surface area contributed by atoms with Gasteiger partial charge in [0.05, 0.1) is 16.5 Å². The number of rotatable bonds is 2. The molecule has 4 nitrogen and oxygen atoms in total. The van der Waals surface area contributed by atoms with Crippen LogP contribution in [0.15, 0.2) is 6.20 Å². The highest BCUT2D eigenvalue weighted by atomic mass is 32.2. The Morgan fingerprint density at radius 2 is 2.38 bits per heavy atom. The van der Waals surface area contributed by atoms with Gasteiger partial charge in [0.2, 0.25) is 0 Å². The van der Waals surface area contributed by atoms with Crippen LogP contribution in [-0.4, -0.2) is 24.9 Å². The van der Waals surface area contributed by atoms with Crippen LogP contribution in [0.25, 0.3) is 0 Å². The molecule has 1 fully saturated rings. The van der Waals surface area contributed by atoms with Crippen LogP contribution < -0.4 is 5.73 Å². The third-order valence-corrected chi connectivity index (χ3v) is 5.98. The van der Waals surface area contributed by atoms with Crippen molar-refractivity contribution in [2.45, 2.75) is 31.7 Å². The third-order valence-electron chi connectivity index (χ3n) is 2.80. The van der Waals surface area contributed by atoms with Crippen LogP contribution in [-0.2, 0) is 9.84 Å². The summed E-state index contributed by atoms with van der Waals surface area (Å²) in [6.07, 6.45) is 3.44. The molecule has 2 rings (SSSR count). The highest BCUT2D eigenvalue weighted by molar-refractivity contribution is 7.91. The molecule has 0 amide bonds. The summed E-state index contributed by atoms with van der Waals surface area (Å²) in [6, 6.07) is -0.0218. The van der Waals surface area contributed by atoms with E-state index in [0.29, 0.717) is 5.75 Å². The first-order valence-corrected chi connectivity index (χ1v) is 8.03. The number of aromatic nitrogens is 1. The zero-order valence-electron chi connectivity index (χ0n) is 9.22. The Balaban J connectivity index is 2.17. The molecule has 2 N–H and O–H groups in total. The van der Waals surface area contributed by atoms with Gasteiger partial charge in [0.25, 0.3) is 0 Å². The number of hydrogen-bond donors (Lipinski definition) is 1. The van der Waals surface area contributed by atoms with E-state index in [2.05, 4.69) is 4.98 Å². The lowest BCUT2D eigenvalue weighted by atomic mass is 10.1. The van der Waals surface area contributed by atoms with Crippen molar-refractivity contribution in [3.05, 3.63) is 16.1 Å². The minimum absolute atomic E-state index is 0.0218. The van der Waals surface area contributed by atoms with Gasteiger partial charge in [-0.1, -0.05) is 0 Å². The largest absolute Gasteiger partial charge is 0.323 e. The molecule has 2 unspecified atom stereocenters. The highest BCUT2D eigenvalue weighted by Crippen LogP contribution is 2.32. The molecular formula is C10H16N2O2S2. The zero-order chi connectivity index (χ0) is 11.8. The minimum Gasteiger partial charge on any atom is -0.323 e. The van der Waals surface area contributed by atoms with E-state index in [0.717, 1.165) is 22.7 Å². The van der Waals surface area contributed by atoms with Crippen molar-refractivity contribution in [2.24, 2.45) is 5.73 Å². The molecule has 0 bridgehead atoms. The highest BCUT2D eigenvalue weighted by Gasteiger charge is 2.28. The average molecular weight is 260 g/mol. The number of thiazole rings is 1. The number of nitrogens with zero attached hydrogens (tertiary/aromatic N) is 1. The Morgan fingerprint density at radius 3 is 2.94 bits per heavy atom. The molecule has 1 saturated heterocycles. The number of hydrogen-bond acceptors (Lipinski definition) is 5. The molecule has 16 heavy (non-hydrogen) atoms. The summed E-state index contributed by atoms with van der Waals surface area (Å²) in [6.45, 7) is 1.91. The summed E-state index contributed by atoms with van der Waals surface area (Å²) in [5.74, 6) is 0.657. The van der Waals surface area contributed by atoms with Crippen LogP contribution in [0.4, 0.5) is 0 Å². The van der Waals surface area contributed by atoms with Gasteiger partial charge in [-0.3, -0.25) is 0 Å². The van der Waals surface area contributed by atoms with E-state index in [4.69, 9.17) is 5.73 Å². The molecule has 0 radical (unpaired) electrons. The van der Waals surface area contributed by atoms with E-state index in [1.54, 1.807) is 17.5 Å². The average Bonchev–Trinajstić information content (AvgIpc) is 2.64. The predicted octanol–water partition coefficient (Wildman–Crippen LogP) is 1.46. The molecule has 1 aromatic heterocycles. The van der Waals surface area contributed by atoms with E-state index >= 15 is 0 Å². The van der Waals surface area contributed by atoms with E-state index in [1.807, 2.05) is 6.92 Å². The van der Waals surface area contributed by atoms with E-state index in [1.165, 1.54) is 0 Å². The van der Waals surface area contributed by atoms with Crippen LogP contribution in [0.1, 0.15) is 41.6 Å². The van der Waals surface area contributed by atoms with Crippen molar-refractivity contribution in [1.29, 1.82) is 0 Å². The van der Waals surface area contributed by atoms with Crippen LogP contribution in [0.5, 0.6) is 0 Å². The summed E-state index contributed by atoms with van der Waals surface area (Å²) in [4.78, 5) is 5.33. The Morgan fingerprint density at radius 1 is 1.62 bits per heavy atom. The number of nitrogens with two attached hydrogens (primary N) is 1. The maximum Gasteiger partial charge on any atom is 0.151 e. The lowest BCUT2D eigenvalue weighted by molar-refractivity contribution is 0.553. The fraction of sp³-hybridized carbons (Fsp3) is 0.700. The molecule has 90 valence electrons. The first kappa shape index (κ1) is 12.0. The fourth-order valence-electron chi connectivity index (χ4n) is 1.92. The van der Waals surface area contributed by atoms with E-state index < -0.39 is 9.84 Å². The van der Waals surface area contributed by atoms with Crippen molar-refractivity contribution in [3.8, 4) is 0 Å². The summed E-state index contributed by atoms with van der Waals surface area (Å²) in [7, 11) is -2.86. The Hall–Kier alpha value is -0.460. The fourth-order valence-corrected chi connectivity index (χ4v) is 4.74. The van der Waals surface area contributed by atoms with Gasteiger partial charge in [0.15, 0.2) is 9.84 Å². The van der Waals surface area contributed by atoms with Crippen molar-refractivity contribution >= 4 is 21.2 Å². The summed E-state index contributed by atoms with van der Waals surface area (Å²) in [5, 5.41) is 0.926. The molecule has 1 aliphatic rings. The van der Waals surface area contributed by atoms with Crippen LogP contribution >= 0.6 is 11.3 Å². The number of sulfone groups is 1. The SMILES string of the molecule is CC(N)c1cnc(C2CCCS(=O)(=O)C2)s1. The second-order valence-electron chi connectivity index (χ2n) is 4.34. The van der Waals surface area contributed by atoms with Crippen LogP contribution in [0, 0.1) is 0 Å². The van der Waals surface area contributed by atoms with Gasteiger partial charge < -0.3 is 5.73 Å². The molecule has 0 aromatic carbocycles. The molecule has 2 heterocycles. The molecule has 6 heteroatoms. The molecule has 0 spiro atoms. The quantitative estimate of drug-likeness (QED) is 0.873. The van der Waals surface area contributed by atoms with Gasteiger partial charge >= 0.3 is 0 Å². The molecule has 1 aliphatic heterocycles. The molecule has 0 saturated carbocycles. The molecule has 2 atom stereocenters. The smallest absolute Gasteiger partial charge is 0.151 e. The Kier molecular flexibility index (Phi) is 3.32. The molecule has 1 aromatic rings. The van der Waals surface area contributed by atoms with Gasteiger partial charge in [-0.2, -0.15) is 0 Å². The standard InChI is InChI=1S/C10H16N2O2S2/c1-7(11)9-5-12-10(15-9)8-3-2-4-16(13,14)6-8/h5,7-8H,2-4,6,11H2,1H3. The van der Waals surface area contributed by atoms with E-state index in [-0.39, 0.29) is 17.7 Å². The Labute approximate surface area is 99.8 Å². The second kappa shape index (κ2) is 4.43. The predicted molar refractivity (Wildman–Crippen MR) is 65.3 cm³/mol. The molecular weight excluding hydrogens is 244 g/mol. The van der Waals surface area contributed by atoms with Crippen molar-refractivity contribution in [2.75, 3.05) is 11.5 Å². The van der Waals surface area contributed by atoms with Crippen molar-refractivity contribution < 1.29 is 8.42 Å². The topological polar surface area (TPSA) is 73.0 Å². The van der Waals surface area contributed by atoms with Crippen LogP contribution in [0.2, 0.25) is 0 Å². The van der Waals surface area contributed by atoms with Gasteiger partial charge in [-0.05, 0) is 19.8 Å². The maximum absolute atomic E-state index is 11.5. The van der Waals surface area contributed by atoms with Crippen molar-refractivity contribution in [3.63, 3.8) is 0 Å². The normalized spacial score (nSPS) is 26.5. The van der Waals surface area contributed by atoms with Gasteiger partial charge in [-0.15, -0.1) is 11.3 Å². The van der Waals surface area contributed by atoms with Gasteiger partial charge in [0, 0.05) is 23.0 Å². The monoisotopic (exact) mass is 260 g/mol.